The van der Waals surface area contributed by atoms with Gasteiger partial charge in [-0.1, -0.05) is 0 Å². The summed E-state index contributed by atoms with van der Waals surface area (Å²) in [5.74, 6) is 0.666. The van der Waals surface area contributed by atoms with E-state index >= 15 is 0 Å². The number of nitrogens with two attached hydrogens (primary N) is 1. The van der Waals surface area contributed by atoms with Gasteiger partial charge in [-0.25, -0.2) is 0 Å². The molecule has 0 spiro atoms. The van der Waals surface area contributed by atoms with E-state index in [9.17, 15) is 4.21 Å². The van der Waals surface area contributed by atoms with E-state index in [0.717, 1.165) is 12.8 Å². The molecule has 0 radical (unpaired) electrons. The van der Waals surface area contributed by atoms with Crippen molar-refractivity contribution in [1.82, 2.24) is 0 Å². The highest BCUT2D eigenvalue weighted by Crippen LogP contribution is 2.49. The average molecular weight is 200 g/mol. The van der Waals surface area contributed by atoms with E-state index in [4.69, 9.17) is 11.0 Å². The SMILES string of the molecule is CC(CN)S(=O)CC1(CC#N)CC1. The normalized spacial score (nSPS) is 23.2. The zero-order chi connectivity index (χ0) is 9.90. The van der Waals surface area contributed by atoms with Gasteiger partial charge >= 0.3 is 0 Å². The summed E-state index contributed by atoms with van der Waals surface area (Å²) in [6.45, 7) is 2.37. The van der Waals surface area contributed by atoms with Crippen LogP contribution >= 0.6 is 0 Å². The fourth-order valence-electron chi connectivity index (χ4n) is 1.27. The Hall–Kier alpha value is -0.400. The van der Waals surface area contributed by atoms with Crippen molar-refractivity contribution in [2.24, 2.45) is 11.1 Å². The van der Waals surface area contributed by atoms with Crippen LogP contribution in [0.4, 0.5) is 0 Å². The van der Waals surface area contributed by atoms with Crippen LogP contribution < -0.4 is 5.73 Å². The summed E-state index contributed by atoms with van der Waals surface area (Å²) in [7, 11) is -0.849. The van der Waals surface area contributed by atoms with Crippen LogP contribution in [0.5, 0.6) is 0 Å². The molecule has 2 N–H and O–H groups in total. The van der Waals surface area contributed by atoms with Gasteiger partial charge in [0.05, 0.1) is 6.07 Å². The van der Waals surface area contributed by atoms with Crippen molar-refractivity contribution >= 4 is 10.8 Å². The minimum atomic E-state index is -0.849. The summed E-state index contributed by atoms with van der Waals surface area (Å²) < 4.78 is 11.6. The molecule has 0 heterocycles. The zero-order valence-electron chi connectivity index (χ0n) is 7.95. The quantitative estimate of drug-likeness (QED) is 0.713. The second kappa shape index (κ2) is 4.21. The second-order valence-corrected chi connectivity index (χ2v) is 5.76. The van der Waals surface area contributed by atoms with E-state index in [0.29, 0.717) is 18.7 Å². The second-order valence-electron chi connectivity index (χ2n) is 3.91. The first kappa shape index (κ1) is 10.7. The summed E-state index contributed by atoms with van der Waals surface area (Å²) in [6.07, 6.45) is 2.67. The van der Waals surface area contributed by atoms with Crippen molar-refractivity contribution in [2.75, 3.05) is 12.3 Å². The molecule has 74 valence electrons. The summed E-state index contributed by atoms with van der Waals surface area (Å²) in [4.78, 5) is 0. The summed E-state index contributed by atoms with van der Waals surface area (Å²) in [6, 6.07) is 2.17. The first-order chi connectivity index (χ1) is 6.13. The summed E-state index contributed by atoms with van der Waals surface area (Å²) in [5.41, 5.74) is 5.51. The fourth-order valence-corrected chi connectivity index (χ4v) is 2.76. The molecule has 3 nitrogen and oxygen atoms in total. The van der Waals surface area contributed by atoms with Crippen LogP contribution in [-0.4, -0.2) is 21.8 Å². The van der Waals surface area contributed by atoms with Gasteiger partial charge in [-0.15, -0.1) is 0 Å². The Morgan fingerprint density at radius 1 is 1.69 bits per heavy atom. The molecule has 0 amide bonds. The predicted molar refractivity (Wildman–Crippen MR) is 53.4 cm³/mol. The van der Waals surface area contributed by atoms with E-state index in [1.165, 1.54) is 0 Å². The predicted octanol–water partition coefficient (Wildman–Crippen LogP) is 0.776. The summed E-state index contributed by atoms with van der Waals surface area (Å²) >= 11 is 0. The molecule has 0 aromatic carbocycles. The first-order valence-electron chi connectivity index (χ1n) is 4.58. The van der Waals surface area contributed by atoms with Crippen molar-refractivity contribution in [2.45, 2.75) is 31.4 Å². The minimum Gasteiger partial charge on any atom is -0.329 e. The number of nitriles is 1. The lowest BCUT2D eigenvalue weighted by atomic mass is 10.1. The number of hydrogen-bond acceptors (Lipinski definition) is 3. The van der Waals surface area contributed by atoms with Gasteiger partial charge in [0.1, 0.15) is 0 Å². The highest BCUT2D eigenvalue weighted by Gasteiger charge is 2.44. The van der Waals surface area contributed by atoms with Crippen LogP contribution in [0, 0.1) is 16.7 Å². The van der Waals surface area contributed by atoms with Crippen molar-refractivity contribution < 1.29 is 4.21 Å². The van der Waals surface area contributed by atoms with Crippen molar-refractivity contribution in [3.8, 4) is 6.07 Å². The van der Waals surface area contributed by atoms with E-state index in [2.05, 4.69) is 6.07 Å². The lowest BCUT2D eigenvalue weighted by Crippen LogP contribution is -2.26. The zero-order valence-corrected chi connectivity index (χ0v) is 8.77. The van der Waals surface area contributed by atoms with Crippen molar-refractivity contribution in [3.05, 3.63) is 0 Å². The monoisotopic (exact) mass is 200 g/mol. The molecule has 0 bridgehead atoms. The molecule has 1 aliphatic rings. The molecule has 0 saturated heterocycles. The number of rotatable bonds is 5. The molecule has 2 unspecified atom stereocenters. The topological polar surface area (TPSA) is 66.9 Å². The van der Waals surface area contributed by atoms with Gasteiger partial charge in [0.25, 0.3) is 0 Å². The summed E-state index contributed by atoms with van der Waals surface area (Å²) in [5, 5.41) is 8.64. The molecule has 1 rings (SSSR count). The maximum atomic E-state index is 11.6. The Bertz CT molecular complexity index is 242. The van der Waals surface area contributed by atoms with Gasteiger partial charge in [-0.3, -0.25) is 4.21 Å². The standard InChI is InChI=1S/C9H16N2OS/c1-8(6-11)13(12)7-9(2-3-9)4-5-10/h8H,2-4,6-7,11H2,1H3. The van der Waals surface area contributed by atoms with Gasteiger partial charge in [0.2, 0.25) is 0 Å². The lowest BCUT2D eigenvalue weighted by Gasteiger charge is -2.13. The van der Waals surface area contributed by atoms with Crippen molar-refractivity contribution in [1.29, 1.82) is 5.26 Å². The maximum Gasteiger partial charge on any atom is 0.0627 e. The van der Waals surface area contributed by atoms with Gasteiger partial charge in [-0.05, 0) is 25.2 Å². The Balaban J connectivity index is 2.41. The molecular formula is C9H16N2OS. The largest absolute Gasteiger partial charge is 0.329 e. The molecule has 4 heteroatoms. The van der Waals surface area contributed by atoms with E-state index in [1.807, 2.05) is 6.92 Å². The third kappa shape index (κ3) is 2.78. The van der Waals surface area contributed by atoms with Gasteiger partial charge in [0, 0.05) is 34.8 Å². The molecule has 2 atom stereocenters. The van der Waals surface area contributed by atoms with Crippen LogP contribution in [0.2, 0.25) is 0 Å². The smallest absolute Gasteiger partial charge is 0.0627 e. The number of nitrogens with zero attached hydrogens (tertiary/aromatic N) is 1. The van der Waals surface area contributed by atoms with Crippen LogP contribution in [0.1, 0.15) is 26.2 Å². The van der Waals surface area contributed by atoms with Gasteiger partial charge in [-0.2, -0.15) is 5.26 Å². The average Bonchev–Trinajstić information content (AvgIpc) is 2.84. The Kier molecular flexibility index (Phi) is 3.46. The molecule has 13 heavy (non-hydrogen) atoms. The fraction of sp³-hybridized carbons (Fsp3) is 0.889. The first-order valence-corrected chi connectivity index (χ1v) is 5.96. The molecule has 1 aliphatic carbocycles. The van der Waals surface area contributed by atoms with Crippen LogP contribution in [0.25, 0.3) is 0 Å². The maximum absolute atomic E-state index is 11.6. The van der Waals surface area contributed by atoms with Crippen LogP contribution in [0.3, 0.4) is 0 Å². The van der Waals surface area contributed by atoms with Crippen LogP contribution in [0.15, 0.2) is 0 Å². The molecule has 1 saturated carbocycles. The Morgan fingerprint density at radius 2 is 2.31 bits per heavy atom. The van der Waals surface area contributed by atoms with E-state index in [-0.39, 0.29) is 10.7 Å². The Labute approximate surface area is 81.8 Å². The molecule has 0 aliphatic heterocycles. The number of hydrogen-bond donors (Lipinski definition) is 1. The molecule has 0 aromatic heterocycles. The highest BCUT2D eigenvalue weighted by atomic mass is 32.2. The van der Waals surface area contributed by atoms with Gasteiger partial charge < -0.3 is 5.73 Å². The minimum absolute atomic E-state index is 0.0659. The third-order valence-corrected chi connectivity index (χ3v) is 4.63. The van der Waals surface area contributed by atoms with E-state index in [1.54, 1.807) is 0 Å². The molecule has 1 fully saturated rings. The Morgan fingerprint density at radius 3 is 2.69 bits per heavy atom. The lowest BCUT2D eigenvalue weighted by molar-refractivity contribution is 0.583. The van der Waals surface area contributed by atoms with Crippen molar-refractivity contribution in [3.63, 3.8) is 0 Å². The third-order valence-electron chi connectivity index (χ3n) is 2.64. The molecule has 0 aromatic rings. The van der Waals surface area contributed by atoms with Crippen LogP contribution in [-0.2, 0) is 10.8 Å². The molecular weight excluding hydrogens is 184 g/mol. The highest BCUT2D eigenvalue weighted by molar-refractivity contribution is 7.85. The van der Waals surface area contributed by atoms with E-state index < -0.39 is 10.8 Å². The van der Waals surface area contributed by atoms with Gasteiger partial charge in [0.15, 0.2) is 0 Å².